The van der Waals surface area contributed by atoms with Crippen LogP contribution in [-0.2, 0) is 11.8 Å². The largest absolute Gasteiger partial charge is 0.355 e. The first-order valence-electron chi connectivity index (χ1n) is 13.6. The van der Waals surface area contributed by atoms with E-state index in [9.17, 15) is 0 Å². The molecule has 3 aromatic heterocycles. The van der Waals surface area contributed by atoms with E-state index >= 15 is 0 Å². The highest BCUT2D eigenvalue weighted by molar-refractivity contribution is 9.10. The van der Waals surface area contributed by atoms with Crippen molar-refractivity contribution < 1.29 is 0 Å². The molecular weight excluding hydrogens is 556 g/mol. The molecule has 0 saturated carbocycles. The number of aromatic nitrogens is 4. The van der Waals surface area contributed by atoms with Crippen molar-refractivity contribution in [2.24, 2.45) is 0 Å². The quantitative estimate of drug-likeness (QED) is 0.213. The molecule has 196 valence electrons. The van der Waals surface area contributed by atoms with Gasteiger partial charge in [0.2, 0.25) is 0 Å². The molecule has 0 amide bonds. The number of fused-ring (bicyclic) bond motifs is 8. The van der Waals surface area contributed by atoms with Gasteiger partial charge in [-0.05, 0) is 76.5 Å². The summed E-state index contributed by atoms with van der Waals surface area (Å²) in [5.74, 6) is 0. The summed E-state index contributed by atoms with van der Waals surface area (Å²) in [5, 5.41) is 0. The molecule has 0 fully saturated rings. The van der Waals surface area contributed by atoms with Crippen molar-refractivity contribution >= 4 is 50.1 Å². The van der Waals surface area contributed by atoms with Gasteiger partial charge in [-0.25, -0.2) is 4.98 Å². The molecule has 5 heterocycles. The Labute approximate surface area is 242 Å². The Bertz CT molecular complexity index is 1960. The Morgan fingerprint density at radius 3 is 2.12 bits per heavy atom. The number of rotatable bonds is 2. The lowest BCUT2D eigenvalue weighted by atomic mass is 9.85. The second kappa shape index (κ2) is 9.46. The lowest BCUT2D eigenvalue weighted by Crippen LogP contribution is -2.15. The third-order valence-electron chi connectivity index (χ3n) is 7.79. The number of benzene rings is 2. The molecule has 8 bridgehead atoms. The molecule has 0 atom stereocenters. The molecule has 2 N–H and O–H groups in total. The molecule has 7 rings (SSSR count). The molecule has 0 saturated heterocycles. The van der Waals surface area contributed by atoms with Crippen molar-refractivity contribution in [2.75, 3.05) is 0 Å². The maximum atomic E-state index is 5.29. The van der Waals surface area contributed by atoms with Gasteiger partial charge in [-0.1, -0.05) is 74.0 Å². The van der Waals surface area contributed by atoms with Crippen LogP contribution >= 0.6 is 15.9 Å². The zero-order valence-corrected chi connectivity index (χ0v) is 24.3. The highest BCUT2D eigenvalue weighted by Gasteiger charge is 2.31. The number of aryl methyl sites for hydroxylation is 1. The fourth-order valence-corrected chi connectivity index (χ4v) is 6.12. The third kappa shape index (κ3) is 4.40. The molecule has 2 aliphatic heterocycles. The van der Waals surface area contributed by atoms with Gasteiger partial charge in [0.25, 0.3) is 0 Å². The molecular formula is C35H29BrN4. The van der Waals surface area contributed by atoms with Crippen LogP contribution in [0.2, 0.25) is 0 Å². The molecule has 2 aliphatic rings. The lowest BCUT2D eigenvalue weighted by Gasteiger charge is -2.16. The van der Waals surface area contributed by atoms with E-state index in [1.54, 1.807) is 0 Å². The van der Waals surface area contributed by atoms with E-state index in [1.807, 2.05) is 0 Å². The highest BCUT2D eigenvalue weighted by Crippen LogP contribution is 2.39. The second-order valence-electron chi connectivity index (χ2n) is 11.3. The number of hydrogen-bond acceptors (Lipinski definition) is 2. The van der Waals surface area contributed by atoms with Gasteiger partial charge in [-0.2, -0.15) is 0 Å². The van der Waals surface area contributed by atoms with E-state index in [-0.39, 0.29) is 5.41 Å². The summed E-state index contributed by atoms with van der Waals surface area (Å²) in [6.45, 7) is 6.65. The zero-order valence-electron chi connectivity index (χ0n) is 22.7. The molecule has 5 heteroatoms. The van der Waals surface area contributed by atoms with E-state index in [4.69, 9.17) is 9.97 Å². The van der Waals surface area contributed by atoms with Gasteiger partial charge in [0.05, 0.1) is 22.6 Å². The summed E-state index contributed by atoms with van der Waals surface area (Å²) < 4.78 is 1.000. The maximum Gasteiger partial charge on any atom is 0.0737 e. The van der Waals surface area contributed by atoms with E-state index in [2.05, 4.69) is 144 Å². The van der Waals surface area contributed by atoms with Crippen molar-refractivity contribution in [1.29, 1.82) is 0 Å². The molecule has 4 nitrogen and oxygen atoms in total. The molecule has 0 unspecified atom stereocenters. The van der Waals surface area contributed by atoms with Crippen molar-refractivity contribution in [2.45, 2.75) is 32.6 Å². The van der Waals surface area contributed by atoms with Crippen LogP contribution in [-0.4, -0.2) is 19.9 Å². The normalized spacial score (nSPS) is 14.0. The molecule has 0 radical (unpaired) electrons. The standard InChI is InChI=1S/C35H29BrN4/c1-21-9-11-23(12-10-21)33-27-15-16-28(38-27)34(22-7-5-4-6-8-22)31-20-35(2,3)32(40-31)18-25-14-13-24(37-25)17-29-26(36)19-30(33)39-29/h4-19,37,39H,20H2,1-3H3. The first-order valence-corrected chi connectivity index (χ1v) is 14.4. The Hall–Kier alpha value is -4.22. The van der Waals surface area contributed by atoms with Gasteiger partial charge < -0.3 is 9.97 Å². The van der Waals surface area contributed by atoms with Crippen LogP contribution < -0.4 is 0 Å². The Morgan fingerprint density at radius 1 is 0.700 bits per heavy atom. The van der Waals surface area contributed by atoms with Crippen molar-refractivity contribution in [1.82, 2.24) is 19.9 Å². The van der Waals surface area contributed by atoms with E-state index in [0.29, 0.717) is 0 Å². The highest BCUT2D eigenvalue weighted by atomic mass is 79.9. The molecule has 0 spiro atoms. The van der Waals surface area contributed by atoms with Crippen molar-refractivity contribution in [3.8, 4) is 22.3 Å². The van der Waals surface area contributed by atoms with Crippen LogP contribution in [0.5, 0.6) is 0 Å². The maximum absolute atomic E-state index is 5.29. The topological polar surface area (TPSA) is 57.4 Å². The van der Waals surface area contributed by atoms with Crippen molar-refractivity contribution in [3.05, 3.63) is 118 Å². The van der Waals surface area contributed by atoms with Crippen molar-refractivity contribution in [3.63, 3.8) is 0 Å². The van der Waals surface area contributed by atoms with Crippen LogP contribution in [0.1, 0.15) is 42.2 Å². The minimum Gasteiger partial charge on any atom is -0.355 e. The lowest BCUT2D eigenvalue weighted by molar-refractivity contribution is 0.544. The summed E-state index contributed by atoms with van der Waals surface area (Å²) >= 11 is 3.80. The van der Waals surface area contributed by atoms with Gasteiger partial charge >= 0.3 is 0 Å². The predicted octanol–water partition coefficient (Wildman–Crippen LogP) is 9.41. The minimum absolute atomic E-state index is 0.107. The van der Waals surface area contributed by atoms with Gasteiger partial charge in [-0.15, -0.1) is 0 Å². The van der Waals surface area contributed by atoms with Gasteiger partial charge in [0, 0.05) is 49.7 Å². The van der Waals surface area contributed by atoms with E-state index in [1.165, 1.54) is 5.56 Å². The molecule has 5 aromatic rings. The summed E-state index contributed by atoms with van der Waals surface area (Å²) in [7, 11) is 0. The van der Waals surface area contributed by atoms with Crippen LogP contribution in [0.4, 0.5) is 0 Å². The fraction of sp³-hybridized carbons (Fsp3) is 0.143. The first-order chi connectivity index (χ1) is 19.3. The van der Waals surface area contributed by atoms with Gasteiger partial charge in [0.1, 0.15) is 0 Å². The molecule has 0 aliphatic carbocycles. The number of aromatic amines is 2. The monoisotopic (exact) mass is 584 g/mol. The zero-order chi connectivity index (χ0) is 27.4. The van der Waals surface area contributed by atoms with Crippen LogP contribution in [0.15, 0.2) is 89.4 Å². The minimum atomic E-state index is -0.107. The average molecular weight is 586 g/mol. The smallest absolute Gasteiger partial charge is 0.0737 e. The van der Waals surface area contributed by atoms with E-state index in [0.717, 1.165) is 78.0 Å². The summed E-state index contributed by atoms with van der Waals surface area (Å²) in [6, 6.07) is 29.9. The summed E-state index contributed by atoms with van der Waals surface area (Å²) in [6.07, 6.45) is 5.12. The Kier molecular flexibility index (Phi) is 5.86. The number of halogens is 1. The number of hydrogen-bond donors (Lipinski definition) is 2. The number of nitrogens with one attached hydrogen (secondary N) is 2. The SMILES string of the molecule is Cc1ccc(-c2c3nc(c(-c4ccccc4)c4nc(cc5ccc(cc6[nH]c2cc6Br)[nH]5)C(C)(C)C4)C=C3)cc1. The predicted molar refractivity (Wildman–Crippen MR) is 170 cm³/mol. The third-order valence-corrected chi connectivity index (χ3v) is 8.45. The summed E-state index contributed by atoms with van der Waals surface area (Å²) in [4.78, 5) is 17.8. The second-order valence-corrected chi connectivity index (χ2v) is 12.2. The van der Waals surface area contributed by atoms with E-state index < -0.39 is 0 Å². The molecule has 2 aromatic carbocycles. The Morgan fingerprint density at radius 2 is 1.38 bits per heavy atom. The fourth-order valence-electron chi connectivity index (χ4n) is 5.67. The number of nitrogens with zero attached hydrogens (tertiary/aromatic N) is 2. The van der Waals surface area contributed by atoms with Crippen LogP contribution in [0, 0.1) is 6.92 Å². The van der Waals surface area contributed by atoms with Crippen LogP contribution in [0.3, 0.4) is 0 Å². The number of H-pyrrole nitrogens is 2. The summed E-state index contributed by atoms with van der Waals surface area (Å²) in [5.41, 5.74) is 13.6. The van der Waals surface area contributed by atoms with Gasteiger partial charge in [-0.3, -0.25) is 4.98 Å². The Balaban J connectivity index is 1.66. The average Bonchev–Trinajstić information content (AvgIpc) is 3.71. The van der Waals surface area contributed by atoms with Gasteiger partial charge in [0.15, 0.2) is 0 Å². The first kappa shape index (κ1) is 24.8. The molecule has 40 heavy (non-hydrogen) atoms. The van der Waals surface area contributed by atoms with Crippen LogP contribution in [0.25, 0.3) is 56.5 Å².